The zero-order valence-electron chi connectivity index (χ0n) is 18.5. The van der Waals surface area contributed by atoms with Crippen molar-refractivity contribution >= 4 is 11.6 Å². The minimum Gasteiger partial charge on any atom is -0.346 e. The number of amides is 1. The normalized spacial score (nSPS) is 11.0. The minimum atomic E-state index is -0.0808. The molecule has 0 radical (unpaired) electrons. The molecule has 0 saturated heterocycles. The highest BCUT2D eigenvalue weighted by Gasteiger charge is 2.29. The van der Waals surface area contributed by atoms with Crippen LogP contribution < -0.4 is 5.32 Å². The van der Waals surface area contributed by atoms with Crippen LogP contribution in [0.5, 0.6) is 0 Å². The first-order valence-corrected chi connectivity index (χ1v) is 10.7. The Morgan fingerprint density at radius 1 is 0.806 bits per heavy atom. The first-order chi connectivity index (χ1) is 15.0. The number of nitrogens with one attached hydrogen (secondary N) is 1. The summed E-state index contributed by atoms with van der Waals surface area (Å²) >= 11 is 0. The molecule has 4 rings (SSSR count). The molecule has 31 heavy (non-hydrogen) atoms. The van der Waals surface area contributed by atoms with Gasteiger partial charge in [-0.2, -0.15) is 0 Å². The van der Waals surface area contributed by atoms with E-state index in [2.05, 4.69) is 74.1 Å². The summed E-state index contributed by atoms with van der Waals surface area (Å²) in [5, 5.41) is 3.11. The maximum atomic E-state index is 13.7. The Balaban J connectivity index is 1.99. The van der Waals surface area contributed by atoms with E-state index in [-0.39, 0.29) is 11.8 Å². The molecular weight excluding hydrogens is 380 g/mol. The molecule has 0 fully saturated rings. The maximum Gasteiger partial charge on any atom is 0.258 e. The molecule has 1 heterocycles. The number of hydrogen-bond acceptors (Lipinski definition) is 1. The SMILES string of the molecule is Cc1ccc(-c2c(-c3ccccc3)c(C(=O)Nc3ccccc3)c(C(C)C)n2C)cc1. The Hall–Kier alpha value is -3.59. The van der Waals surface area contributed by atoms with E-state index in [1.54, 1.807) is 0 Å². The Labute approximate surface area is 184 Å². The molecule has 3 heteroatoms. The van der Waals surface area contributed by atoms with Crippen molar-refractivity contribution in [3.05, 3.63) is 102 Å². The average molecular weight is 409 g/mol. The lowest BCUT2D eigenvalue weighted by Gasteiger charge is -2.13. The summed E-state index contributed by atoms with van der Waals surface area (Å²) in [5.74, 6) is 0.103. The van der Waals surface area contributed by atoms with Gasteiger partial charge < -0.3 is 9.88 Å². The molecule has 3 aromatic carbocycles. The molecule has 0 saturated carbocycles. The van der Waals surface area contributed by atoms with Crippen LogP contribution >= 0.6 is 0 Å². The van der Waals surface area contributed by atoms with Crippen molar-refractivity contribution in [2.24, 2.45) is 7.05 Å². The molecule has 0 spiro atoms. The highest BCUT2D eigenvalue weighted by atomic mass is 16.1. The molecule has 0 unspecified atom stereocenters. The first kappa shape index (κ1) is 20.7. The van der Waals surface area contributed by atoms with Crippen molar-refractivity contribution in [1.29, 1.82) is 0 Å². The van der Waals surface area contributed by atoms with Crippen molar-refractivity contribution < 1.29 is 4.79 Å². The van der Waals surface area contributed by atoms with Gasteiger partial charge in [0.1, 0.15) is 0 Å². The fraction of sp³-hybridized carbons (Fsp3) is 0.179. The monoisotopic (exact) mass is 408 g/mol. The van der Waals surface area contributed by atoms with E-state index >= 15 is 0 Å². The second-order valence-electron chi connectivity index (χ2n) is 8.25. The summed E-state index contributed by atoms with van der Waals surface area (Å²) in [5.41, 5.74) is 7.96. The number of aryl methyl sites for hydroxylation is 1. The smallest absolute Gasteiger partial charge is 0.258 e. The van der Waals surface area contributed by atoms with Gasteiger partial charge in [0.2, 0.25) is 0 Å². The van der Waals surface area contributed by atoms with Gasteiger partial charge in [0.15, 0.2) is 0 Å². The molecule has 1 N–H and O–H groups in total. The molecule has 3 nitrogen and oxygen atoms in total. The predicted molar refractivity (Wildman–Crippen MR) is 130 cm³/mol. The van der Waals surface area contributed by atoms with Crippen LogP contribution in [0.4, 0.5) is 5.69 Å². The lowest BCUT2D eigenvalue weighted by atomic mass is 9.94. The van der Waals surface area contributed by atoms with E-state index in [9.17, 15) is 4.79 Å². The molecule has 156 valence electrons. The average Bonchev–Trinajstić information content (AvgIpc) is 3.09. The molecule has 0 aliphatic carbocycles. The van der Waals surface area contributed by atoms with Crippen LogP contribution in [0.1, 0.15) is 41.4 Å². The van der Waals surface area contributed by atoms with Gasteiger partial charge >= 0.3 is 0 Å². The number of carbonyl (C=O) groups is 1. The fourth-order valence-electron chi connectivity index (χ4n) is 4.26. The van der Waals surface area contributed by atoms with Crippen LogP contribution in [0.3, 0.4) is 0 Å². The number of hydrogen-bond donors (Lipinski definition) is 1. The van der Waals surface area contributed by atoms with Gasteiger partial charge in [0, 0.05) is 24.0 Å². The lowest BCUT2D eigenvalue weighted by molar-refractivity contribution is 0.102. The summed E-state index contributed by atoms with van der Waals surface area (Å²) in [6.45, 7) is 6.37. The highest BCUT2D eigenvalue weighted by Crippen LogP contribution is 2.41. The van der Waals surface area contributed by atoms with E-state index in [1.807, 2.05) is 48.5 Å². The zero-order valence-corrected chi connectivity index (χ0v) is 18.5. The van der Waals surface area contributed by atoms with Crippen LogP contribution in [0.25, 0.3) is 22.4 Å². The topological polar surface area (TPSA) is 34.0 Å². The lowest BCUT2D eigenvalue weighted by Crippen LogP contribution is -2.15. The molecule has 0 atom stereocenters. The van der Waals surface area contributed by atoms with Gasteiger partial charge in [-0.15, -0.1) is 0 Å². The van der Waals surface area contributed by atoms with Gasteiger partial charge in [0.05, 0.1) is 11.3 Å². The van der Waals surface area contributed by atoms with Crippen molar-refractivity contribution in [2.75, 3.05) is 5.32 Å². The van der Waals surface area contributed by atoms with Crippen LogP contribution in [-0.2, 0) is 7.05 Å². The van der Waals surface area contributed by atoms with Crippen molar-refractivity contribution in [1.82, 2.24) is 4.57 Å². The van der Waals surface area contributed by atoms with Crippen LogP contribution in [0.15, 0.2) is 84.9 Å². The third kappa shape index (κ3) is 4.04. The summed E-state index contributed by atoms with van der Waals surface area (Å²) in [7, 11) is 2.07. The maximum absolute atomic E-state index is 13.7. The van der Waals surface area contributed by atoms with E-state index < -0.39 is 0 Å². The van der Waals surface area contributed by atoms with Crippen LogP contribution in [-0.4, -0.2) is 10.5 Å². The second-order valence-corrected chi connectivity index (χ2v) is 8.25. The largest absolute Gasteiger partial charge is 0.346 e. The second kappa shape index (κ2) is 8.65. The van der Waals surface area contributed by atoms with E-state index in [0.717, 1.165) is 39.3 Å². The van der Waals surface area contributed by atoms with E-state index in [4.69, 9.17) is 0 Å². The molecule has 0 aliphatic rings. The fourth-order valence-corrected chi connectivity index (χ4v) is 4.26. The molecular formula is C28H28N2O. The van der Waals surface area contributed by atoms with Crippen molar-refractivity contribution in [2.45, 2.75) is 26.7 Å². The van der Waals surface area contributed by atoms with Gasteiger partial charge in [0.25, 0.3) is 5.91 Å². The predicted octanol–water partition coefficient (Wildman–Crippen LogP) is 7.04. The van der Waals surface area contributed by atoms with Gasteiger partial charge in [-0.25, -0.2) is 0 Å². The van der Waals surface area contributed by atoms with Crippen LogP contribution in [0, 0.1) is 6.92 Å². The number of carbonyl (C=O) groups excluding carboxylic acids is 1. The standard InChI is InChI=1S/C28H28N2O/c1-19(2)26-25(28(31)29-23-13-9-6-10-14-23)24(21-11-7-5-8-12-21)27(30(26)4)22-17-15-20(3)16-18-22/h5-19H,1-4H3,(H,29,31). The summed E-state index contributed by atoms with van der Waals surface area (Å²) in [6.07, 6.45) is 0. The Bertz CT molecular complexity index is 1190. The molecule has 1 amide bonds. The third-order valence-electron chi connectivity index (χ3n) is 5.63. The number of rotatable bonds is 5. The first-order valence-electron chi connectivity index (χ1n) is 10.7. The third-order valence-corrected chi connectivity index (χ3v) is 5.63. The molecule has 0 bridgehead atoms. The Kier molecular flexibility index (Phi) is 5.77. The Morgan fingerprint density at radius 2 is 1.39 bits per heavy atom. The summed E-state index contributed by atoms with van der Waals surface area (Å²) in [4.78, 5) is 13.7. The van der Waals surface area contributed by atoms with Gasteiger partial charge in [-0.05, 0) is 36.1 Å². The molecule has 1 aromatic heterocycles. The minimum absolute atomic E-state index is 0.0808. The number of para-hydroxylation sites is 1. The van der Waals surface area contributed by atoms with E-state index in [0.29, 0.717) is 0 Å². The van der Waals surface area contributed by atoms with E-state index in [1.165, 1.54) is 5.56 Å². The number of nitrogens with zero attached hydrogens (tertiary/aromatic N) is 1. The molecule has 4 aromatic rings. The highest BCUT2D eigenvalue weighted by molar-refractivity contribution is 6.12. The summed E-state index contributed by atoms with van der Waals surface area (Å²) in [6, 6.07) is 28.4. The van der Waals surface area contributed by atoms with Gasteiger partial charge in [-0.3, -0.25) is 4.79 Å². The summed E-state index contributed by atoms with van der Waals surface area (Å²) < 4.78 is 2.19. The number of benzene rings is 3. The van der Waals surface area contributed by atoms with Crippen molar-refractivity contribution in [3.63, 3.8) is 0 Å². The van der Waals surface area contributed by atoms with Gasteiger partial charge in [-0.1, -0.05) is 92.2 Å². The molecule has 0 aliphatic heterocycles. The van der Waals surface area contributed by atoms with Crippen LogP contribution in [0.2, 0.25) is 0 Å². The number of anilines is 1. The van der Waals surface area contributed by atoms with Crippen molar-refractivity contribution in [3.8, 4) is 22.4 Å². The Morgan fingerprint density at radius 3 is 1.97 bits per heavy atom. The zero-order chi connectivity index (χ0) is 22.0. The quantitative estimate of drug-likeness (QED) is 0.377. The number of aromatic nitrogens is 1.